The lowest BCUT2D eigenvalue weighted by Crippen LogP contribution is -2.38. The normalized spacial score (nSPS) is 21.9. The van der Waals surface area contributed by atoms with Gasteiger partial charge in [-0.1, -0.05) is 29.8 Å². The molecule has 4 nitrogen and oxygen atoms in total. The van der Waals surface area contributed by atoms with E-state index in [1.165, 1.54) is 31.6 Å². The summed E-state index contributed by atoms with van der Waals surface area (Å²) in [5, 5.41) is 2.43. The van der Waals surface area contributed by atoms with E-state index in [1.807, 2.05) is 31.3 Å². The number of piperidine rings is 1. The molecule has 3 aliphatic rings. The molecule has 2 bridgehead atoms. The van der Waals surface area contributed by atoms with Gasteiger partial charge in [-0.15, -0.1) is 0 Å². The highest BCUT2D eigenvalue weighted by Gasteiger charge is 2.29. The van der Waals surface area contributed by atoms with Crippen molar-refractivity contribution in [2.45, 2.75) is 18.9 Å². The number of aromatic nitrogens is 1. The van der Waals surface area contributed by atoms with Crippen LogP contribution in [0.3, 0.4) is 0 Å². The van der Waals surface area contributed by atoms with Gasteiger partial charge in [0.05, 0.1) is 5.69 Å². The predicted molar refractivity (Wildman–Crippen MR) is 116 cm³/mol. The van der Waals surface area contributed by atoms with Crippen LogP contribution in [0.15, 0.2) is 53.3 Å². The van der Waals surface area contributed by atoms with Gasteiger partial charge in [-0.3, -0.25) is 4.79 Å². The second-order valence-electron chi connectivity index (χ2n) is 7.94. The SMILES string of the molecule is Cn1c(-c2cccc(Cl)c2)cc2ccc(N3CCN4CCC3CC4)cc2c1=O. The van der Waals surface area contributed by atoms with E-state index in [4.69, 9.17) is 11.6 Å². The third-order valence-corrected chi connectivity index (χ3v) is 6.57. The Bertz CT molecular complexity index is 1100. The third-order valence-electron chi connectivity index (χ3n) is 6.33. The molecule has 3 aliphatic heterocycles. The molecule has 5 heteroatoms. The van der Waals surface area contributed by atoms with E-state index in [0.29, 0.717) is 11.1 Å². The molecule has 3 fully saturated rings. The first kappa shape index (κ1) is 17.8. The molecule has 3 saturated heterocycles. The zero-order chi connectivity index (χ0) is 19.3. The van der Waals surface area contributed by atoms with Gasteiger partial charge in [-0.25, -0.2) is 0 Å². The molecule has 144 valence electrons. The van der Waals surface area contributed by atoms with Crippen molar-refractivity contribution in [2.75, 3.05) is 31.1 Å². The first-order valence-electron chi connectivity index (χ1n) is 9.99. The maximum Gasteiger partial charge on any atom is 0.258 e. The van der Waals surface area contributed by atoms with Crippen molar-refractivity contribution >= 4 is 28.1 Å². The number of nitrogens with zero attached hydrogens (tertiary/aromatic N) is 3. The summed E-state index contributed by atoms with van der Waals surface area (Å²) in [6.07, 6.45) is 2.42. The summed E-state index contributed by atoms with van der Waals surface area (Å²) in [4.78, 5) is 18.2. The van der Waals surface area contributed by atoms with Crippen molar-refractivity contribution in [1.82, 2.24) is 9.47 Å². The number of anilines is 1. The molecule has 1 aromatic heterocycles. The Balaban J connectivity index is 1.60. The Morgan fingerprint density at radius 2 is 1.79 bits per heavy atom. The zero-order valence-corrected chi connectivity index (χ0v) is 16.8. The maximum absolute atomic E-state index is 13.2. The number of halogens is 1. The number of fused-ring (bicyclic) bond motifs is 5. The fourth-order valence-electron chi connectivity index (χ4n) is 4.72. The molecule has 0 saturated carbocycles. The van der Waals surface area contributed by atoms with Crippen molar-refractivity contribution < 1.29 is 0 Å². The van der Waals surface area contributed by atoms with Crippen LogP contribution in [0, 0.1) is 0 Å². The number of rotatable bonds is 2. The zero-order valence-electron chi connectivity index (χ0n) is 16.1. The Morgan fingerprint density at radius 1 is 0.964 bits per heavy atom. The van der Waals surface area contributed by atoms with E-state index in [-0.39, 0.29) is 5.56 Å². The highest BCUT2D eigenvalue weighted by atomic mass is 35.5. The molecule has 28 heavy (non-hydrogen) atoms. The van der Waals surface area contributed by atoms with E-state index in [1.54, 1.807) is 4.57 Å². The van der Waals surface area contributed by atoms with Crippen molar-refractivity contribution in [1.29, 1.82) is 0 Å². The molecule has 0 aliphatic carbocycles. The Hall–Kier alpha value is -2.30. The van der Waals surface area contributed by atoms with Crippen LogP contribution >= 0.6 is 11.6 Å². The summed E-state index contributed by atoms with van der Waals surface area (Å²) in [5.74, 6) is 0. The van der Waals surface area contributed by atoms with E-state index < -0.39 is 0 Å². The fourth-order valence-corrected chi connectivity index (χ4v) is 4.91. The molecule has 0 unspecified atom stereocenters. The van der Waals surface area contributed by atoms with Crippen LogP contribution in [-0.2, 0) is 7.05 Å². The highest BCUT2D eigenvalue weighted by molar-refractivity contribution is 6.30. The van der Waals surface area contributed by atoms with E-state index in [9.17, 15) is 4.79 Å². The lowest BCUT2D eigenvalue weighted by Gasteiger charge is -2.33. The second-order valence-corrected chi connectivity index (χ2v) is 8.38. The van der Waals surface area contributed by atoms with Crippen molar-refractivity contribution in [3.63, 3.8) is 0 Å². The molecule has 0 N–H and O–H groups in total. The minimum absolute atomic E-state index is 0.0391. The van der Waals surface area contributed by atoms with Gasteiger partial charge < -0.3 is 14.4 Å². The number of hydrogen-bond acceptors (Lipinski definition) is 3. The fraction of sp³-hybridized carbons (Fsp3) is 0.348. The molecular weight excluding hydrogens is 370 g/mol. The molecular formula is C23H24ClN3O. The summed E-state index contributed by atoms with van der Waals surface area (Å²) in [6.45, 7) is 4.54. The minimum Gasteiger partial charge on any atom is -0.367 e. The quantitative estimate of drug-likeness (QED) is 0.655. The average molecular weight is 394 g/mol. The maximum atomic E-state index is 13.2. The molecule has 2 aromatic carbocycles. The van der Waals surface area contributed by atoms with Crippen LogP contribution in [0.5, 0.6) is 0 Å². The van der Waals surface area contributed by atoms with Gasteiger partial charge in [0, 0.05) is 55.4 Å². The standard InChI is InChI=1S/C23H24ClN3O/c1-25-22(17-3-2-4-18(24)13-17)14-16-5-6-20(15-21(16)23(25)28)27-12-11-26-9-7-19(27)8-10-26/h2-6,13-15,19H,7-12H2,1H3. The smallest absolute Gasteiger partial charge is 0.258 e. The summed E-state index contributed by atoms with van der Waals surface area (Å²) in [6, 6.07) is 16.7. The van der Waals surface area contributed by atoms with E-state index in [2.05, 4.69) is 34.1 Å². The molecule has 0 radical (unpaired) electrons. The van der Waals surface area contributed by atoms with Crippen LogP contribution in [0.25, 0.3) is 22.0 Å². The Labute approximate surface area is 169 Å². The van der Waals surface area contributed by atoms with Crippen molar-refractivity contribution in [2.24, 2.45) is 7.05 Å². The Morgan fingerprint density at radius 3 is 2.57 bits per heavy atom. The number of benzene rings is 2. The van der Waals surface area contributed by atoms with Gasteiger partial charge in [0.1, 0.15) is 0 Å². The molecule has 0 spiro atoms. The second kappa shape index (κ2) is 6.94. The van der Waals surface area contributed by atoms with Gasteiger partial charge in [-0.05, 0) is 54.1 Å². The van der Waals surface area contributed by atoms with E-state index in [0.717, 1.165) is 35.1 Å². The molecule has 4 heterocycles. The molecule has 6 rings (SSSR count). The van der Waals surface area contributed by atoms with E-state index >= 15 is 0 Å². The van der Waals surface area contributed by atoms with Crippen LogP contribution < -0.4 is 10.5 Å². The van der Waals surface area contributed by atoms with Crippen LogP contribution in [-0.4, -0.2) is 41.7 Å². The van der Waals surface area contributed by atoms with Gasteiger partial charge in [0.25, 0.3) is 5.56 Å². The van der Waals surface area contributed by atoms with Crippen LogP contribution in [0.1, 0.15) is 12.8 Å². The minimum atomic E-state index is 0.0391. The molecule has 3 aromatic rings. The first-order chi connectivity index (χ1) is 13.6. The number of pyridine rings is 1. The summed E-state index contributed by atoms with van der Waals surface area (Å²) in [7, 11) is 1.84. The van der Waals surface area contributed by atoms with Gasteiger partial charge >= 0.3 is 0 Å². The first-order valence-corrected chi connectivity index (χ1v) is 10.4. The van der Waals surface area contributed by atoms with Gasteiger partial charge in [-0.2, -0.15) is 0 Å². The lowest BCUT2D eigenvalue weighted by atomic mass is 10.0. The highest BCUT2D eigenvalue weighted by Crippen LogP contribution is 2.30. The third kappa shape index (κ3) is 3.01. The van der Waals surface area contributed by atoms with Gasteiger partial charge in [0.2, 0.25) is 0 Å². The summed E-state index contributed by atoms with van der Waals surface area (Å²) < 4.78 is 1.73. The molecule has 0 atom stereocenters. The predicted octanol–water partition coefficient (Wildman–Crippen LogP) is 4.14. The Kier molecular flexibility index (Phi) is 4.41. The summed E-state index contributed by atoms with van der Waals surface area (Å²) >= 11 is 6.16. The van der Waals surface area contributed by atoms with Crippen LogP contribution in [0.2, 0.25) is 5.02 Å². The van der Waals surface area contributed by atoms with Gasteiger partial charge in [0.15, 0.2) is 0 Å². The topological polar surface area (TPSA) is 28.5 Å². The molecule has 0 amide bonds. The number of hydrogen-bond donors (Lipinski definition) is 0. The monoisotopic (exact) mass is 393 g/mol. The van der Waals surface area contributed by atoms with Crippen molar-refractivity contribution in [3.05, 3.63) is 63.9 Å². The van der Waals surface area contributed by atoms with Crippen molar-refractivity contribution in [3.8, 4) is 11.3 Å². The summed E-state index contributed by atoms with van der Waals surface area (Å²) in [5.41, 5.74) is 3.05. The average Bonchev–Trinajstić information content (AvgIpc) is 3.04. The lowest BCUT2D eigenvalue weighted by molar-refractivity contribution is 0.250. The van der Waals surface area contributed by atoms with Crippen LogP contribution in [0.4, 0.5) is 5.69 Å². The largest absolute Gasteiger partial charge is 0.367 e.